The first-order valence-electron chi connectivity index (χ1n) is 5.83. The molecule has 0 radical (unpaired) electrons. The maximum absolute atomic E-state index is 13.1. The number of nitrogens with zero attached hydrogens (tertiary/aromatic N) is 2. The van der Waals surface area contributed by atoms with Gasteiger partial charge in [0.05, 0.1) is 11.1 Å². The fourth-order valence-electron chi connectivity index (χ4n) is 1.49. The highest BCUT2D eigenvalue weighted by molar-refractivity contribution is 6.31. The highest BCUT2D eigenvalue weighted by Crippen LogP contribution is 2.30. The highest BCUT2D eigenvalue weighted by Gasteiger charge is 2.27. The molecule has 0 bridgehead atoms. The predicted molar refractivity (Wildman–Crippen MR) is 71.1 cm³/mol. The van der Waals surface area contributed by atoms with E-state index >= 15 is 0 Å². The number of aromatic nitrogens is 2. The number of halogens is 2. The van der Waals surface area contributed by atoms with Crippen molar-refractivity contribution in [3.05, 3.63) is 34.9 Å². The zero-order chi connectivity index (χ0) is 14.2. The molecule has 0 amide bonds. The van der Waals surface area contributed by atoms with Gasteiger partial charge in [-0.25, -0.2) is 4.39 Å². The summed E-state index contributed by atoms with van der Waals surface area (Å²) in [6.45, 7) is 5.97. The van der Waals surface area contributed by atoms with Crippen LogP contribution in [-0.2, 0) is 0 Å². The molecule has 0 saturated heterocycles. The smallest absolute Gasteiger partial charge is 0.258 e. The minimum atomic E-state index is -0.489. The Bertz CT molecular complexity index is 592. The van der Waals surface area contributed by atoms with Crippen LogP contribution in [0.25, 0.3) is 11.5 Å². The Labute approximate surface area is 115 Å². The topological polar surface area (TPSA) is 64.9 Å². The van der Waals surface area contributed by atoms with Gasteiger partial charge >= 0.3 is 0 Å². The van der Waals surface area contributed by atoms with E-state index in [1.807, 2.05) is 20.8 Å². The molecule has 0 aliphatic rings. The summed E-state index contributed by atoms with van der Waals surface area (Å²) in [5.41, 5.74) is 6.43. The monoisotopic (exact) mass is 283 g/mol. The van der Waals surface area contributed by atoms with Gasteiger partial charge in [0.25, 0.3) is 5.89 Å². The number of nitrogens with two attached hydrogens (primary N) is 1. The van der Waals surface area contributed by atoms with Crippen molar-refractivity contribution < 1.29 is 8.91 Å². The molecule has 1 atom stereocenters. The van der Waals surface area contributed by atoms with Crippen molar-refractivity contribution in [2.24, 2.45) is 11.1 Å². The molecule has 1 aromatic heterocycles. The Kier molecular flexibility index (Phi) is 3.60. The predicted octanol–water partition coefficient (Wildman–Crippen LogP) is 3.58. The number of hydrogen-bond donors (Lipinski definition) is 1. The van der Waals surface area contributed by atoms with Gasteiger partial charge in [-0.2, -0.15) is 4.98 Å². The van der Waals surface area contributed by atoms with Gasteiger partial charge < -0.3 is 10.3 Å². The largest absolute Gasteiger partial charge is 0.334 e. The summed E-state index contributed by atoms with van der Waals surface area (Å²) in [6, 6.07) is 3.88. The summed E-state index contributed by atoms with van der Waals surface area (Å²) in [7, 11) is 0. The molecule has 0 fully saturated rings. The quantitative estimate of drug-likeness (QED) is 0.915. The SMILES string of the molecule is CC(C)(C)C(N)c1noc(-c2ccc(F)c(Cl)c2)n1. The molecule has 4 nitrogen and oxygen atoms in total. The van der Waals surface area contributed by atoms with Crippen LogP contribution >= 0.6 is 11.6 Å². The van der Waals surface area contributed by atoms with Crippen LogP contribution in [0.15, 0.2) is 22.7 Å². The second kappa shape index (κ2) is 4.90. The van der Waals surface area contributed by atoms with Gasteiger partial charge in [0.1, 0.15) is 5.82 Å². The Balaban J connectivity index is 2.33. The average molecular weight is 284 g/mol. The minimum Gasteiger partial charge on any atom is -0.334 e. The Morgan fingerprint density at radius 3 is 2.63 bits per heavy atom. The molecule has 102 valence electrons. The van der Waals surface area contributed by atoms with Gasteiger partial charge in [0, 0.05) is 5.56 Å². The van der Waals surface area contributed by atoms with Crippen LogP contribution in [-0.4, -0.2) is 10.1 Å². The van der Waals surface area contributed by atoms with Gasteiger partial charge in [0.2, 0.25) is 0 Å². The van der Waals surface area contributed by atoms with E-state index in [0.717, 1.165) is 0 Å². The maximum Gasteiger partial charge on any atom is 0.258 e. The zero-order valence-corrected chi connectivity index (χ0v) is 11.7. The van der Waals surface area contributed by atoms with Crippen molar-refractivity contribution in [2.75, 3.05) is 0 Å². The molecular formula is C13H15ClFN3O. The lowest BCUT2D eigenvalue weighted by atomic mass is 9.87. The summed E-state index contributed by atoms with van der Waals surface area (Å²) >= 11 is 5.72. The van der Waals surface area contributed by atoms with E-state index in [0.29, 0.717) is 11.4 Å². The van der Waals surface area contributed by atoms with Crippen molar-refractivity contribution in [3.63, 3.8) is 0 Å². The summed E-state index contributed by atoms with van der Waals surface area (Å²) in [5.74, 6) is 0.205. The molecule has 19 heavy (non-hydrogen) atoms. The lowest BCUT2D eigenvalue weighted by Gasteiger charge is -2.23. The third-order valence-electron chi connectivity index (χ3n) is 2.82. The number of rotatable bonds is 2. The molecule has 0 saturated carbocycles. The molecule has 0 aliphatic carbocycles. The lowest BCUT2D eigenvalue weighted by molar-refractivity contribution is 0.303. The third-order valence-corrected chi connectivity index (χ3v) is 3.11. The standard InChI is InChI=1S/C13H15ClFN3O/c1-13(2,3)10(16)11-17-12(19-18-11)7-4-5-9(15)8(14)6-7/h4-6,10H,16H2,1-3H3. The summed E-state index contributed by atoms with van der Waals surface area (Å²) < 4.78 is 18.2. The van der Waals surface area contributed by atoms with E-state index in [4.69, 9.17) is 21.9 Å². The maximum atomic E-state index is 13.1. The van der Waals surface area contributed by atoms with Gasteiger partial charge in [-0.15, -0.1) is 0 Å². The summed E-state index contributed by atoms with van der Waals surface area (Å²) in [6.07, 6.45) is 0. The first-order chi connectivity index (χ1) is 8.79. The van der Waals surface area contributed by atoms with E-state index in [1.165, 1.54) is 18.2 Å². The Morgan fingerprint density at radius 2 is 2.05 bits per heavy atom. The first-order valence-corrected chi connectivity index (χ1v) is 6.21. The van der Waals surface area contributed by atoms with E-state index in [2.05, 4.69) is 10.1 Å². The normalized spacial score (nSPS) is 13.6. The molecule has 1 heterocycles. The van der Waals surface area contributed by atoms with Crippen LogP contribution < -0.4 is 5.73 Å². The van der Waals surface area contributed by atoms with Crippen LogP contribution in [0.4, 0.5) is 4.39 Å². The van der Waals surface area contributed by atoms with E-state index < -0.39 is 5.82 Å². The van der Waals surface area contributed by atoms with E-state index in [9.17, 15) is 4.39 Å². The molecule has 1 unspecified atom stereocenters. The number of hydrogen-bond acceptors (Lipinski definition) is 4. The number of benzene rings is 1. The second-order valence-electron chi connectivity index (χ2n) is 5.43. The highest BCUT2D eigenvalue weighted by atomic mass is 35.5. The van der Waals surface area contributed by atoms with Gasteiger partial charge in [0.15, 0.2) is 5.82 Å². The van der Waals surface area contributed by atoms with E-state index in [-0.39, 0.29) is 22.4 Å². The van der Waals surface area contributed by atoms with Crippen LogP contribution in [0.5, 0.6) is 0 Å². The second-order valence-corrected chi connectivity index (χ2v) is 5.84. The van der Waals surface area contributed by atoms with Crippen LogP contribution in [0, 0.1) is 11.2 Å². The Hall–Kier alpha value is -1.46. The van der Waals surface area contributed by atoms with Crippen molar-refractivity contribution in [1.82, 2.24) is 10.1 Å². The van der Waals surface area contributed by atoms with Crippen molar-refractivity contribution in [3.8, 4) is 11.5 Å². The molecule has 6 heteroatoms. The van der Waals surface area contributed by atoms with Crippen molar-refractivity contribution >= 4 is 11.6 Å². The van der Waals surface area contributed by atoms with Crippen molar-refractivity contribution in [2.45, 2.75) is 26.8 Å². The molecule has 2 rings (SSSR count). The third kappa shape index (κ3) is 2.93. The minimum absolute atomic E-state index is 0.0115. The summed E-state index contributed by atoms with van der Waals surface area (Å²) in [5, 5.41) is 3.87. The van der Waals surface area contributed by atoms with Gasteiger partial charge in [-0.05, 0) is 23.6 Å². The van der Waals surface area contributed by atoms with Gasteiger partial charge in [-0.3, -0.25) is 0 Å². The zero-order valence-electron chi connectivity index (χ0n) is 10.9. The Morgan fingerprint density at radius 1 is 1.37 bits per heavy atom. The van der Waals surface area contributed by atoms with Crippen LogP contribution in [0.1, 0.15) is 32.6 Å². The van der Waals surface area contributed by atoms with Gasteiger partial charge in [-0.1, -0.05) is 37.5 Å². The van der Waals surface area contributed by atoms with Crippen molar-refractivity contribution in [1.29, 1.82) is 0 Å². The molecule has 0 aliphatic heterocycles. The molecule has 0 spiro atoms. The molecular weight excluding hydrogens is 269 g/mol. The molecule has 2 N–H and O–H groups in total. The molecule has 1 aromatic carbocycles. The summed E-state index contributed by atoms with van der Waals surface area (Å²) in [4.78, 5) is 4.23. The average Bonchev–Trinajstić information content (AvgIpc) is 2.79. The molecule has 2 aromatic rings. The fourth-order valence-corrected chi connectivity index (χ4v) is 1.68. The first kappa shape index (κ1) is 14.0. The lowest BCUT2D eigenvalue weighted by Crippen LogP contribution is -2.27. The fraction of sp³-hybridized carbons (Fsp3) is 0.385. The van der Waals surface area contributed by atoms with Crippen LogP contribution in [0.3, 0.4) is 0 Å². The van der Waals surface area contributed by atoms with Crippen LogP contribution in [0.2, 0.25) is 5.02 Å². The van der Waals surface area contributed by atoms with E-state index in [1.54, 1.807) is 0 Å².